The van der Waals surface area contributed by atoms with Crippen molar-refractivity contribution < 1.29 is 23.9 Å². The van der Waals surface area contributed by atoms with E-state index in [-0.39, 0.29) is 34.6 Å². The fourth-order valence-corrected chi connectivity index (χ4v) is 12.6. The van der Waals surface area contributed by atoms with Crippen molar-refractivity contribution in [1.29, 1.82) is 0 Å². The lowest BCUT2D eigenvalue weighted by Crippen LogP contribution is -2.48. The van der Waals surface area contributed by atoms with Crippen LogP contribution < -0.4 is 62.3 Å². The predicted octanol–water partition coefficient (Wildman–Crippen LogP) is 10.8. The monoisotopic (exact) mass is 1270 g/mol. The highest BCUT2D eigenvalue weighted by Crippen LogP contribution is 2.53. The average molecular weight is 1270 g/mol. The van der Waals surface area contributed by atoms with E-state index in [4.69, 9.17) is 4.52 Å². The van der Waals surface area contributed by atoms with Crippen LogP contribution in [-0.2, 0) is 14.7 Å². The quantitative estimate of drug-likeness (QED) is 0.00823. The minimum Gasteiger partial charge on any atom is -0.472 e. The summed E-state index contributed by atoms with van der Waals surface area (Å²) in [7, 11) is 2.39. The van der Waals surface area contributed by atoms with Crippen LogP contribution in [0.25, 0.3) is 27.1 Å². The zero-order chi connectivity index (χ0) is 66.3. The van der Waals surface area contributed by atoms with Crippen LogP contribution in [0, 0.1) is 0 Å². The maximum atomic E-state index is 13.9. The summed E-state index contributed by atoms with van der Waals surface area (Å²) in [6.45, 7) is 18.1. The molecule has 2 heterocycles. The Balaban J connectivity index is 1.06. The van der Waals surface area contributed by atoms with Crippen molar-refractivity contribution in [3.8, 4) is 0 Å². The highest BCUT2D eigenvalue weighted by Gasteiger charge is 2.44. The van der Waals surface area contributed by atoms with Gasteiger partial charge in [0.15, 0.2) is 0 Å². The van der Waals surface area contributed by atoms with Gasteiger partial charge < -0.3 is 39.4 Å². The molecule has 8 N–H and O–H groups in total. The molecule has 4 unspecified atom stereocenters. The molecule has 0 aliphatic heterocycles. The third-order valence-corrected chi connectivity index (χ3v) is 18.0. The maximum absolute atomic E-state index is 13.9. The minimum absolute atomic E-state index is 0.00569. The van der Waals surface area contributed by atoms with E-state index < -0.39 is 18.9 Å². The number of fused-ring (bicyclic) bond motifs is 2. The number of aromatic amines is 4. The molecule has 21 nitrogen and oxygen atoms in total. The number of likely N-dealkylation sites (N-methyl/N-ethyl adjacent to an activating group) is 1. The molecule has 0 bridgehead atoms. The average Bonchev–Trinajstić information content (AvgIpc) is 0.808. The molecule has 0 spiro atoms. The van der Waals surface area contributed by atoms with Crippen LogP contribution in [0.15, 0.2) is 171 Å². The fraction of sp³-hybridized carbons (Fsp3) is 0.357. The Morgan fingerprint density at radius 2 is 1.01 bits per heavy atom. The summed E-state index contributed by atoms with van der Waals surface area (Å²) in [5, 5.41) is 28.8. The van der Waals surface area contributed by atoms with E-state index in [1.54, 1.807) is 48.6 Å². The van der Waals surface area contributed by atoms with E-state index in [9.17, 15) is 38.5 Å². The Bertz CT molecular complexity index is 4130. The first kappa shape index (κ1) is 68.9. The molecular weight excluding hydrogens is 1180 g/mol. The molecule has 0 aliphatic carbocycles. The van der Waals surface area contributed by atoms with Crippen LogP contribution in [0.4, 0.5) is 38.9 Å². The molecular formula is C70H89N12O9P. The number of carboxylic acid groups (broad SMARTS) is 1. The number of anilines is 6. The molecule has 4 atom stereocenters. The predicted molar refractivity (Wildman–Crippen MR) is 376 cm³/mol. The van der Waals surface area contributed by atoms with Gasteiger partial charge in [0, 0.05) is 108 Å². The number of hydrogen-bond donors (Lipinski definition) is 8. The molecule has 0 saturated heterocycles. The van der Waals surface area contributed by atoms with Gasteiger partial charge in [0.2, 0.25) is 0 Å². The Kier molecular flexibility index (Phi) is 23.5. The van der Waals surface area contributed by atoms with Crippen molar-refractivity contribution in [3.05, 3.63) is 215 Å². The van der Waals surface area contributed by atoms with Crippen molar-refractivity contribution in [2.45, 2.75) is 85.2 Å². The van der Waals surface area contributed by atoms with Gasteiger partial charge in [-0.15, -0.1) is 0 Å². The van der Waals surface area contributed by atoms with Gasteiger partial charge in [0.25, 0.3) is 22.2 Å². The second-order valence-electron chi connectivity index (χ2n) is 23.1. The second kappa shape index (κ2) is 31.4. The zero-order valence-electron chi connectivity index (χ0n) is 54.5. The summed E-state index contributed by atoms with van der Waals surface area (Å²) >= 11 is 0. The fourth-order valence-electron chi connectivity index (χ4n) is 11.8. The normalized spacial score (nSPS) is 13.8. The van der Waals surface area contributed by atoms with Crippen LogP contribution in [0.1, 0.15) is 89.5 Å². The molecule has 0 radical (unpaired) electrons. The lowest BCUT2D eigenvalue weighted by Gasteiger charge is -2.35. The number of benzene rings is 6. The van der Waals surface area contributed by atoms with E-state index in [0.717, 1.165) is 103 Å². The van der Waals surface area contributed by atoms with Crippen molar-refractivity contribution in [2.75, 3.05) is 110 Å². The highest BCUT2D eigenvalue weighted by atomic mass is 31.2. The summed E-state index contributed by atoms with van der Waals surface area (Å²) in [4.78, 5) is 86.9. The molecule has 0 saturated carbocycles. The van der Waals surface area contributed by atoms with Crippen LogP contribution in [0.5, 0.6) is 0 Å². The van der Waals surface area contributed by atoms with E-state index in [2.05, 4.69) is 116 Å². The number of carbonyl (C=O) groups is 1. The number of unbranched alkanes of at least 4 members (excludes halogenated alkanes) is 1. The molecule has 0 fully saturated rings. The van der Waals surface area contributed by atoms with Crippen molar-refractivity contribution >= 4 is 74.5 Å². The molecule has 8 rings (SSSR count). The van der Waals surface area contributed by atoms with Gasteiger partial charge in [-0.25, -0.2) is 9.36 Å². The first-order chi connectivity index (χ1) is 44.2. The standard InChI is InChI=1S/C70H89N12O9P/c1-11-19-64(82(15-5)58-38-40-61-63(47-58)68(86)76-74-66(61)84)72-43-45-80(13-3)55-35-27-52(28-36-55)70(91-92(89,90)69(87)88,51-25-33-54(34-26-51)78(9)10)41-18-20-59(49-21-29-53(30-22-49)77(7)8)50-23-31-56(32-24-50)81(14-4)48(6)71-42-16-17-44-79(12-2)57-37-39-60-62(46-57)67(85)75-73-65(60)83/h18,20-41,46-48,64,71-72H,11-17,19,42-45H2,1-10H3,(H,73,83)(H,74,84)(H,75,85)(H,76,86)(H,87,88)(H,89,90). The third kappa shape index (κ3) is 16.2. The number of nitrogens with zero attached hydrogens (tertiary/aromatic N) is 6. The van der Waals surface area contributed by atoms with Crippen LogP contribution in [0.2, 0.25) is 0 Å². The van der Waals surface area contributed by atoms with Gasteiger partial charge in [-0.2, -0.15) is 0 Å². The molecule has 92 heavy (non-hydrogen) atoms. The van der Waals surface area contributed by atoms with Crippen LogP contribution >= 0.6 is 7.60 Å². The van der Waals surface area contributed by atoms with E-state index in [0.29, 0.717) is 58.9 Å². The highest BCUT2D eigenvalue weighted by molar-refractivity contribution is 7.70. The molecule has 2 aromatic heterocycles. The summed E-state index contributed by atoms with van der Waals surface area (Å²) in [5.41, 5.74) is 3.58. The lowest BCUT2D eigenvalue weighted by molar-refractivity contribution is 0.132. The SMILES string of the molecule is CCCC(NCCN(CC)c1ccc(C(C=CC=C(c2ccc(N(C)C)cc2)c2ccc(N(CC)C(C)NCCCCN(CC)c3ccc4c(=O)[nH][nH]c(=O)c4c3)cc2)(OP(=O)(O)C(=O)O)c2ccc(N(C)C)cc2)cc1)N(CC)c1ccc2c(=O)[nH][nH]c(=O)c2c1. The topological polar surface area (TPSA) is 259 Å². The van der Waals surface area contributed by atoms with Crippen molar-refractivity contribution in [2.24, 2.45) is 0 Å². The van der Waals surface area contributed by atoms with Crippen LogP contribution in [-0.4, -0.2) is 129 Å². The van der Waals surface area contributed by atoms with Gasteiger partial charge in [-0.3, -0.25) is 54.7 Å². The van der Waals surface area contributed by atoms with Crippen molar-refractivity contribution in [3.63, 3.8) is 0 Å². The van der Waals surface area contributed by atoms with E-state index in [1.807, 2.05) is 117 Å². The first-order valence-corrected chi connectivity index (χ1v) is 33.2. The van der Waals surface area contributed by atoms with Gasteiger partial charge in [-0.05, 0) is 179 Å². The number of hydrogen-bond acceptors (Lipinski definition) is 15. The molecule has 0 aliphatic rings. The van der Waals surface area contributed by atoms with Gasteiger partial charge >= 0.3 is 13.3 Å². The van der Waals surface area contributed by atoms with Gasteiger partial charge in [0.05, 0.1) is 33.9 Å². The van der Waals surface area contributed by atoms with Gasteiger partial charge in [0.1, 0.15) is 5.60 Å². The summed E-state index contributed by atoms with van der Waals surface area (Å²) < 4.78 is 20.1. The number of H-pyrrole nitrogens is 4. The van der Waals surface area contributed by atoms with Crippen LogP contribution in [0.3, 0.4) is 0 Å². The largest absolute Gasteiger partial charge is 0.472 e. The Labute approximate surface area is 537 Å². The summed E-state index contributed by atoms with van der Waals surface area (Å²) in [5.74, 6) is 0. The minimum atomic E-state index is -5.38. The van der Waals surface area contributed by atoms with Gasteiger partial charge in [-0.1, -0.05) is 74.0 Å². The molecule has 22 heteroatoms. The van der Waals surface area contributed by atoms with E-state index in [1.165, 1.54) is 0 Å². The molecule has 0 amide bonds. The molecule has 6 aromatic carbocycles. The Morgan fingerprint density at radius 3 is 1.50 bits per heavy atom. The smallest absolute Gasteiger partial charge is 0.437 e. The molecule has 8 aromatic rings. The Morgan fingerprint density at radius 1 is 0.554 bits per heavy atom. The molecule has 488 valence electrons. The number of nitrogens with one attached hydrogen (secondary N) is 6. The summed E-state index contributed by atoms with van der Waals surface area (Å²) in [6, 6.07) is 41.9. The number of aromatic nitrogens is 4. The second-order valence-corrected chi connectivity index (χ2v) is 24.8. The Hall–Kier alpha value is -8.98. The summed E-state index contributed by atoms with van der Waals surface area (Å²) in [6.07, 6.45) is 8.76. The maximum Gasteiger partial charge on any atom is 0.437 e. The lowest BCUT2D eigenvalue weighted by atomic mass is 9.85. The number of rotatable bonds is 33. The van der Waals surface area contributed by atoms with Crippen molar-refractivity contribution in [1.82, 2.24) is 31.0 Å². The number of allylic oxidation sites excluding steroid dienone is 2. The third-order valence-electron chi connectivity index (χ3n) is 16.9. The first-order valence-electron chi connectivity index (χ1n) is 31.6. The van der Waals surface area contributed by atoms with E-state index >= 15 is 0 Å². The zero-order valence-corrected chi connectivity index (χ0v) is 55.4.